The standard InChI is InChI=1S/C12H5F6O/c13-11(14,15)8-5-4-6-7(2-1-3-9(6)19)10(8)12(16,17)18/h1-5H. The highest BCUT2D eigenvalue weighted by Crippen LogP contribution is 2.45. The summed E-state index contributed by atoms with van der Waals surface area (Å²) in [6.07, 6.45) is -10.3. The van der Waals surface area contributed by atoms with Crippen LogP contribution in [0.5, 0.6) is 5.75 Å². The van der Waals surface area contributed by atoms with Crippen molar-refractivity contribution in [2.24, 2.45) is 0 Å². The SMILES string of the molecule is [O]c1cccc2c(C(F)(F)F)c(C(F)(F)F)ccc12. The molecule has 19 heavy (non-hydrogen) atoms. The summed E-state index contributed by atoms with van der Waals surface area (Å²) in [5, 5.41) is 10.2. The lowest BCUT2D eigenvalue weighted by Crippen LogP contribution is -2.16. The zero-order valence-electron chi connectivity index (χ0n) is 9.06. The minimum Gasteiger partial charge on any atom is -0.289 e. The second kappa shape index (κ2) is 4.04. The van der Waals surface area contributed by atoms with E-state index in [9.17, 15) is 31.4 Å². The molecule has 2 aromatic carbocycles. The molecule has 0 bridgehead atoms. The Morgan fingerprint density at radius 3 is 1.89 bits per heavy atom. The lowest BCUT2D eigenvalue weighted by atomic mass is 9.97. The molecule has 2 rings (SSSR count). The van der Waals surface area contributed by atoms with Crippen molar-refractivity contribution >= 4 is 10.8 Å². The number of hydrogen-bond donors (Lipinski definition) is 0. The van der Waals surface area contributed by atoms with Crippen LogP contribution < -0.4 is 0 Å². The Bertz CT molecular complexity index is 626. The lowest BCUT2D eigenvalue weighted by Gasteiger charge is -2.17. The molecule has 0 spiro atoms. The summed E-state index contributed by atoms with van der Waals surface area (Å²) in [7, 11) is 0. The summed E-state index contributed by atoms with van der Waals surface area (Å²) in [5.41, 5.74) is -3.62. The van der Waals surface area contributed by atoms with Gasteiger partial charge in [-0.25, -0.2) is 0 Å². The Kier molecular flexibility index (Phi) is 2.87. The number of rotatable bonds is 0. The molecule has 0 saturated carbocycles. The van der Waals surface area contributed by atoms with Gasteiger partial charge in [-0.2, -0.15) is 26.3 Å². The highest BCUT2D eigenvalue weighted by atomic mass is 19.4. The number of benzene rings is 2. The third-order valence-electron chi connectivity index (χ3n) is 2.61. The van der Waals surface area contributed by atoms with Gasteiger partial charge in [0.25, 0.3) is 0 Å². The van der Waals surface area contributed by atoms with Crippen LogP contribution in [0.25, 0.3) is 10.8 Å². The van der Waals surface area contributed by atoms with E-state index in [1.165, 1.54) is 0 Å². The van der Waals surface area contributed by atoms with Crippen molar-refractivity contribution in [3.8, 4) is 5.75 Å². The molecular weight excluding hydrogens is 274 g/mol. The summed E-state index contributed by atoms with van der Waals surface area (Å²) in [6.45, 7) is 0. The van der Waals surface area contributed by atoms with E-state index in [1.54, 1.807) is 0 Å². The van der Waals surface area contributed by atoms with Gasteiger partial charge >= 0.3 is 12.4 Å². The maximum atomic E-state index is 12.8. The molecule has 0 N–H and O–H groups in total. The Morgan fingerprint density at radius 1 is 0.737 bits per heavy atom. The van der Waals surface area contributed by atoms with Crippen molar-refractivity contribution in [2.45, 2.75) is 12.4 Å². The zero-order chi connectivity index (χ0) is 14.4. The van der Waals surface area contributed by atoms with Crippen molar-refractivity contribution in [3.63, 3.8) is 0 Å². The van der Waals surface area contributed by atoms with E-state index in [1.807, 2.05) is 0 Å². The molecule has 0 unspecified atom stereocenters. The van der Waals surface area contributed by atoms with E-state index in [2.05, 4.69) is 0 Å². The predicted molar refractivity (Wildman–Crippen MR) is 54.1 cm³/mol. The summed E-state index contributed by atoms with van der Waals surface area (Å²) in [6, 6.07) is 3.90. The Morgan fingerprint density at radius 2 is 1.37 bits per heavy atom. The minimum atomic E-state index is -5.20. The molecule has 0 saturated heterocycles. The van der Waals surface area contributed by atoms with Crippen LogP contribution in [0.15, 0.2) is 30.3 Å². The number of alkyl halides is 6. The summed E-state index contributed by atoms with van der Waals surface area (Å²) in [4.78, 5) is 0. The fourth-order valence-corrected chi connectivity index (χ4v) is 1.87. The monoisotopic (exact) mass is 279 g/mol. The second-order valence-electron chi connectivity index (χ2n) is 3.83. The van der Waals surface area contributed by atoms with Crippen LogP contribution in [0.1, 0.15) is 11.1 Å². The second-order valence-corrected chi connectivity index (χ2v) is 3.83. The topological polar surface area (TPSA) is 19.9 Å². The van der Waals surface area contributed by atoms with E-state index in [4.69, 9.17) is 0 Å². The smallest absolute Gasteiger partial charge is 0.289 e. The van der Waals surface area contributed by atoms with E-state index in [0.29, 0.717) is 0 Å². The first kappa shape index (κ1) is 13.5. The fraction of sp³-hybridized carbons (Fsp3) is 0.167. The molecule has 2 aromatic rings. The predicted octanol–water partition coefficient (Wildman–Crippen LogP) is 5.02. The number of fused-ring (bicyclic) bond motifs is 1. The van der Waals surface area contributed by atoms with Gasteiger partial charge in [-0.3, -0.25) is 5.11 Å². The summed E-state index contributed by atoms with van der Waals surface area (Å²) in [5.74, 6) is -0.753. The number of halogens is 6. The molecule has 0 atom stereocenters. The Hall–Kier alpha value is -1.92. The van der Waals surface area contributed by atoms with Gasteiger partial charge in [0, 0.05) is 5.39 Å². The highest BCUT2D eigenvalue weighted by Gasteiger charge is 2.44. The fourth-order valence-electron chi connectivity index (χ4n) is 1.87. The highest BCUT2D eigenvalue weighted by molar-refractivity contribution is 5.92. The maximum Gasteiger partial charge on any atom is 0.417 e. The molecule has 7 heteroatoms. The van der Waals surface area contributed by atoms with Crippen LogP contribution in [0.4, 0.5) is 26.3 Å². The van der Waals surface area contributed by atoms with Crippen molar-refractivity contribution in [2.75, 3.05) is 0 Å². The Labute approximate surface area is 103 Å². The van der Waals surface area contributed by atoms with Crippen LogP contribution in [-0.4, -0.2) is 0 Å². The van der Waals surface area contributed by atoms with Gasteiger partial charge in [-0.15, -0.1) is 0 Å². The van der Waals surface area contributed by atoms with Crippen LogP contribution in [0.3, 0.4) is 0 Å². The van der Waals surface area contributed by atoms with E-state index in [-0.39, 0.29) is 11.5 Å². The van der Waals surface area contributed by atoms with E-state index < -0.39 is 34.6 Å². The van der Waals surface area contributed by atoms with Crippen molar-refractivity contribution in [3.05, 3.63) is 41.5 Å². The third-order valence-corrected chi connectivity index (χ3v) is 2.61. The molecule has 0 aromatic heterocycles. The quantitative estimate of drug-likeness (QED) is 0.603. The lowest BCUT2D eigenvalue weighted by molar-refractivity contribution is -0.161. The summed E-state index contributed by atoms with van der Waals surface area (Å²) < 4.78 is 76.4. The first-order chi connectivity index (χ1) is 8.62. The van der Waals surface area contributed by atoms with Crippen LogP contribution in [0, 0.1) is 0 Å². The van der Waals surface area contributed by atoms with Crippen molar-refractivity contribution < 1.29 is 31.4 Å². The molecule has 0 aliphatic rings. The van der Waals surface area contributed by atoms with Crippen LogP contribution in [0.2, 0.25) is 0 Å². The average molecular weight is 279 g/mol. The molecular formula is C12H5F6O. The zero-order valence-corrected chi connectivity index (χ0v) is 9.06. The molecule has 1 radical (unpaired) electrons. The van der Waals surface area contributed by atoms with Gasteiger partial charge < -0.3 is 0 Å². The molecule has 0 aliphatic carbocycles. The van der Waals surface area contributed by atoms with Crippen LogP contribution >= 0.6 is 0 Å². The van der Waals surface area contributed by atoms with Gasteiger partial charge in [0.05, 0.1) is 11.1 Å². The minimum absolute atomic E-state index is 0.284. The largest absolute Gasteiger partial charge is 0.417 e. The van der Waals surface area contributed by atoms with Crippen molar-refractivity contribution in [1.82, 2.24) is 0 Å². The first-order valence-electron chi connectivity index (χ1n) is 4.99. The van der Waals surface area contributed by atoms with E-state index in [0.717, 1.165) is 24.3 Å². The van der Waals surface area contributed by atoms with Gasteiger partial charge in [0.15, 0.2) is 5.75 Å². The van der Waals surface area contributed by atoms with Crippen molar-refractivity contribution in [1.29, 1.82) is 0 Å². The van der Waals surface area contributed by atoms with Gasteiger partial charge in [-0.1, -0.05) is 12.1 Å². The summed E-state index contributed by atoms with van der Waals surface area (Å²) >= 11 is 0. The average Bonchev–Trinajstić information content (AvgIpc) is 2.25. The first-order valence-corrected chi connectivity index (χ1v) is 4.99. The molecule has 0 heterocycles. The van der Waals surface area contributed by atoms with Gasteiger partial charge in [0.1, 0.15) is 0 Å². The normalized spacial score (nSPS) is 12.9. The van der Waals surface area contributed by atoms with Gasteiger partial charge in [0.2, 0.25) is 0 Å². The third kappa shape index (κ3) is 2.32. The molecule has 0 fully saturated rings. The molecule has 101 valence electrons. The van der Waals surface area contributed by atoms with Gasteiger partial charge in [-0.05, 0) is 23.6 Å². The van der Waals surface area contributed by atoms with Crippen LogP contribution in [-0.2, 0) is 17.5 Å². The number of hydrogen-bond acceptors (Lipinski definition) is 0. The maximum absolute atomic E-state index is 12.8. The molecule has 1 nitrogen and oxygen atoms in total. The molecule has 0 aliphatic heterocycles. The Balaban J connectivity index is 2.94. The van der Waals surface area contributed by atoms with E-state index >= 15 is 0 Å². The molecule has 0 amide bonds.